The summed E-state index contributed by atoms with van der Waals surface area (Å²) in [6.45, 7) is 5.26. The summed E-state index contributed by atoms with van der Waals surface area (Å²) in [5.74, 6) is 0.820. The van der Waals surface area contributed by atoms with E-state index in [4.69, 9.17) is 10.5 Å². The molecule has 0 aliphatic carbocycles. The lowest BCUT2D eigenvalue weighted by atomic mass is 10.1. The summed E-state index contributed by atoms with van der Waals surface area (Å²) in [5.41, 5.74) is 9.47. The van der Waals surface area contributed by atoms with Gasteiger partial charge in [0.25, 0.3) is 0 Å². The summed E-state index contributed by atoms with van der Waals surface area (Å²) in [5, 5.41) is 0. The van der Waals surface area contributed by atoms with Crippen LogP contribution in [0.3, 0.4) is 0 Å². The molecule has 0 bridgehead atoms. The average molecular weight is 232 g/mol. The lowest BCUT2D eigenvalue weighted by molar-refractivity contribution is 0.282. The standard InChI is InChI=1S/C14H20N2O/c1-11-4-3-7-16(9-11)10-12-5-6-13(17-2)8-14(12)15/h4-6,8H,3,7,9-10,15H2,1-2H3. The van der Waals surface area contributed by atoms with E-state index in [-0.39, 0.29) is 0 Å². The Morgan fingerprint density at radius 1 is 1.41 bits per heavy atom. The minimum atomic E-state index is 0.816. The first-order chi connectivity index (χ1) is 8.19. The van der Waals surface area contributed by atoms with E-state index in [9.17, 15) is 0 Å². The van der Waals surface area contributed by atoms with Crippen LogP contribution in [0.5, 0.6) is 5.75 Å². The summed E-state index contributed by atoms with van der Waals surface area (Å²) in [6.07, 6.45) is 3.45. The third-order valence-electron chi connectivity index (χ3n) is 3.16. The van der Waals surface area contributed by atoms with Gasteiger partial charge in [-0.2, -0.15) is 0 Å². The first kappa shape index (κ1) is 12.0. The highest BCUT2D eigenvalue weighted by atomic mass is 16.5. The predicted molar refractivity (Wildman–Crippen MR) is 71.1 cm³/mol. The van der Waals surface area contributed by atoms with Crippen LogP contribution in [0.1, 0.15) is 18.9 Å². The van der Waals surface area contributed by atoms with Crippen molar-refractivity contribution in [3.63, 3.8) is 0 Å². The number of hydrogen-bond donors (Lipinski definition) is 1. The van der Waals surface area contributed by atoms with Gasteiger partial charge >= 0.3 is 0 Å². The lowest BCUT2D eigenvalue weighted by Gasteiger charge is -2.26. The molecule has 0 atom stereocenters. The number of benzene rings is 1. The fourth-order valence-electron chi connectivity index (χ4n) is 2.21. The highest BCUT2D eigenvalue weighted by molar-refractivity contribution is 5.51. The fraction of sp³-hybridized carbons (Fsp3) is 0.429. The molecule has 92 valence electrons. The third kappa shape index (κ3) is 3.01. The van der Waals surface area contributed by atoms with Crippen molar-refractivity contribution in [3.8, 4) is 5.75 Å². The van der Waals surface area contributed by atoms with Gasteiger partial charge in [0.2, 0.25) is 0 Å². The van der Waals surface area contributed by atoms with Gasteiger partial charge in [0.05, 0.1) is 7.11 Å². The zero-order valence-corrected chi connectivity index (χ0v) is 10.6. The smallest absolute Gasteiger partial charge is 0.120 e. The molecule has 0 spiro atoms. The van der Waals surface area contributed by atoms with Gasteiger partial charge in [0, 0.05) is 31.4 Å². The molecule has 0 amide bonds. The summed E-state index contributed by atoms with van der Waals surface area (Å²) in [6, 6.07) is 5.92. The van der Waals surface area contributed by atoms with Crippen molar-refractivity contribution in [2.24, 2.45) is 0 Å². The number of hydrogen-bond acceptors (Lipinski definition) is 3. The first-order valence-corrected chi connectivity index (χ1v) is 5.99. The second-order valence-corrected chi connectivity index (χ2v) is 4.61. The fourth-order valence-corrected chi connectivity index (χ4v) is 2.21. The maximum absolute atomic E-state index is 6.03. The molecule has 1 aliphatic heterocycles. The number of nitrogens with zero attached hydrogens (tertiary/aromatic N) is 1. The quantitative estimate of drug-likeness (QED) is 0.642. The molecule has 3 nitrogen and oxygen atoms in total. The van der Waals surface area contributed by atoms with Crippen LogP contribution in [0.4, 0.5) is 5.69 Å². The SMILES string of the molecule is COc1ccc(CN2CCC=C(C)C2)c(N)c1. The normalized spacial score (nSPS) is 16.7. The zero-order chi connectivity index (χ0) is 12.3. The maximum atomic E-state index is 6.03. The van der Waals surface area contributed by atoms with Crippen molar-refractivity contribution in [2.75, 3.05) is 25.9 Å². The van der Waals surface area contributed by atoms with Crippen molar-refractivity contribution >= 4 is 5.69 Å². The number of methoxy groups -OCH3 is 1. The Kier molecular flexibility index (Phi) is 3.69. The van der Waals surface area contributed by atoms with Gasteiger partial charge in [-0.3, -0.25) is 4.90 Å². The minimum Gasteiger partial charge on any atom is -0.497 e. The number of rotatable bonds is 3. The van der Waals surface area contributed by atoms with E-state index in [2.05, 4.69) is 24.0 Å². The minimum absolute atomic E-state index is 0.816. The van der Waals surface area contributed by atoms with Crippen molar-refractivity contribution in [3.05, 3.63) is 35.4 Å². The lowest BCUT2D eigenvalue weighted by Crippen LogP contribution is -2.29. The third-order valence-corrected chi connectivity index (χ3v) is 3.16. The molecule has 0 saturated heterocycles. The molecule has 0 aromatic heterocycles. The molecule has 1 aliphatic rings. The highest BCUT2D eigenvalue weighted by Gasteiger charge is 2.11. The van der Waals surface area contributed by atoms with E-state index >= 15 is 0 Å². The number of nitrogen functional groups attached to an aromatic ring is 1. The largest absolute Gasteiger partial charge is 0.497 e. The molecular formula is C14H20N2O. The molecule has 3 heteroatoms. The van der Waals surface area contributed by atoms with Crippen molar-refractivity contribution in [1.82, 2.24) is 4.90 Å². The second-order valence-electron chi connectivity index (χ2n) is 4.61. The molecule has 1 aromatic rings. The molecule has 0 radical (unpaired) electrons. The summed E-state index contributed by atoms with van der Waals surface area (Å²) in [4.78, 5) is 2.42. The molecule has 0 fully saturated rings. The van der Waals surface area contributed by atoms with Crippen molar-refractivity contribution in [2.45, 2.75) is 19.9 Å². The highest BCUT2D eigenvalue weighted by Crippen LogP contribution is 2.22. The Labute approximate surface area is 103 Å². The van der Waals surface area contributed by atoms with Gasteiger partial charge in [0.15, 0.2) is 0 Å². The van der Waals surface area contributed by atoms with E-state index in [0.717, 1.165) is 37.5 Å². The van der Waals surface area contributed by atoms with E-state index in [0.29, 0.717) is 0 Å². The van der Waals surface area contributed by atoms with Crippen LogP contribution in [0.25, 0.3) is 0 Å². The summed E-state index contributed by atoms with van der Waals surface area (Å²) < 4.78 is 5.15. The summed E-state index contributed by atoms with van der Waals surface area (Å²) >= 11 is 0. The van der Waals surface area contributed by atoms with Crippen LogP contribution < -0.4 is 10.5 Å². The molecular weight excluding hydrogens is 212 g/mol. The topological polar surface area (TPSA) is 38.5 Å². The van der Waals surface area contributed by atoms with Gasteiger partial charge in [-0.15, -0.1) is 0 Å². The molecule has 2 N–H and O–H groups in total. The van der Waals surface area contributed by atoms with E-state index in [1.807, 2.05) is 12.1 Å². The molecule has 0 unspecified atom stereocenters. The first-order valence-electron chi connectivity index (χ1n) is 5.99. The number of ether oxygens (including phenoxy) is 1. The Bertz CT molecular complexity index is 426. The van der Waals surface area contributed by atoms with E-state index in [1.54, 1.807) is 7.11 Å². The number of nitrogens with two attached hydrogens (primary N) is 1. The van der Waals surface area contributed by atoms with E-state index < -0.39 is 0 Å². The van der Waals surface area contributed by atoms with Gasteiger partial charge in [-0.25, -0.2) is 0 Å². The van der Waals surface area contributed by atoms with Crippen molar-refractivity contribution in [1.29, 1.82) is 0 Å². The van der Waals surface area contributed by atoms with Crippen LogP contribution in [-0.4, -0.2) is 25.1 Å². The van der Waals surface area contributed by atoms with Crippen LogP contribution in [0, 0.1) is 0 Å². The average Bonchev–Trinajstić information content (AvgIpc) is 2.32. The molecule has 1 heterocycles. The molecule has 0 saturated carbocycles. The van der Waals surface area contributed by atoms with E-state index in [1.165, 1.54) is 11.1 Å². The van der Waals surface area contributed by atoms with Crippen molar-refractivity contribution < 1.29 is 4.74 Å². The van der Waals surface area contributed by atoms with Gasteiger partial charge < -0.3 is 10.5 Å². The van der Waals surface area contributed by atoms with Crippen LogP contribution in [0.2, 0.25) is 0 Å². The Balaban J connectivity index is 2.06. The molecule has 1 aromatic carbocycles. The van der Waals surface area contributed by atoms with Gasteiger partial charge in [-0.05, 0) is 25.0 Å². The summed E-state index contributed by atoms with van der Waals surface area (Å²) in [7, 11) is 1.66. The second kappa shape index (κ2) is 5.23. The van der Waals surface area contributed by atoms with Crippen LogP contribution in [0.15, 0.2) is 29.8 Å². The zero-order valence-electron chi connectivity index (χ0n) is 10.6. The number of anilines is 1. The predicted octanol–water partition coefficient (Wildman–Crippen LogP) is 2.43. The van der Waals surface area contributed by atoms with Crippen LogP contribution >= 0.6 is 0 Å². The Hall–Kier alpha value is -1.48. The molecule has 17 heavy (non-hydrogen) atoms. The Morgan fingerprint density at radius 3 is 2.88 bits per heavy atom. The monoisotopic (exact) mass is 232 g/mol. The van der Waals surface area contributed by atoms with Gasteiger partial charge in [0.1, 0.15) is 5.75 Å². The maximum Gasteiger partial charge on any atom is 0.120 e. The van der Waals surface area contributed by atoms with Gasteiger partial charge in [-0.1, -0.05) is 17.7 Å². The molecule has 2 rings (SSSR count). The Morgan fingerprint density at radius 2 is 2.24 bits per heavy atom. The van der Waals surface area contributed by atoms with Crippen LogP contribution in [-0.2, 0) is 6.54 Å².